The smallest absolute Gasteiger partial charge is 0.251 e. The Hall–Kier alpha value is -2.38. The zero-order valence-electron chi connectivity index (χ0n) is 16.3. The normalized spacial score (nSPS) is 11.4. The van der Waals surface area contributed by atoms with E-state index in [-0.39, 0.29) is 10.8 Å². The van der Waals surface area contributed by atoms with E-state index in [1.54, 1.807) is 26.0 Å². The van der Waals surface area contributed by atoms with Crippen molar-refractivity contribution in [2.75, 3.05) is 32.1 Å². The molecule has 0 atom stereocenters. The maximum absolute atomic E-state index is 12.5. The highest BCUT2D eigenvalue weighted by molar-refractivity contribution is 7.89. The van der Waals surface area contributed by atoms with Gasteiger partial charge in [0.1, 0.15) is 0 Å². The number of amides is 1. The van der Waals surface area contributed by atoms with Crippen molar-refractivity contribution < 1.29 is 13.2 Å². The Labute approximate surface area is 161 Å². The largest absolute Gasteiger partial charge is 0.378 e. The highest BCUT2D eigenvalue weighted by Gasteiger charge is 2.21. The van der Waals surface area contributed by atoms with Crippen molar-refractivity contribution in [1.82, 2.24) is 9.62 Å². The van der Waals surface area contributed by atoms with Crippen LogP contribution in [0, 0.1) is 0 Å². The van der Waals surface area contributed by atoms with Gasteiger partial charge in [0.05, 0.1) is 4.90 Å². The number of nitrogens with zero attached hydrogens (tertiary/aromatic N) is 2. The molecule has 1 N–H and O–H groups in total. The summed E-state index contributed by atoms with van der Waals surface area (Å²) in [4.78, 5) is 14.5. The average molecular weight is 390 g/mol. The third-order valence-corrected chi connectivity index (χ3v) is 6.43. The molecule has 0 radical (unpaired) electrons. The monoisotopic (exact) mass is 389 g/mol. The van der Waals surface area contributed by atoms with E-state index in [2.05, 4.69) is 5.32 Å². The van der Waals surface area contributed by atoms with Gasteiger partial charge in [-0.3, -0.25) is 4.79 Å². The number of hydrogen-bond donors (Lipinski definition) is 1. The molecule has 6 nitrogen and oxygen atoms in total. The van der Waals surface area contributed by atoms with Crippen LogP contribution < -0.4 is 10.2 Å². The maximum Gasteiger partial charge on any atom is 0.251 e. The Morgan fingerprint density at radius 2 is 1.48 bits per heavy atom. The molecule has 0 aliphatic heterocycles. The van der Waals surface area contributed by atoms with Crippen LogP contribution in [-0.2, 0) is 16.6 Å². The molecule has 0 spiro atoms. The average Bonchev–Trinajstić information content (AvgIpc) is 2.67. The summed E-state index contributed by atoms with van der Waals surface area (Å²) >= 11 is 0. The van der Waals surface area contributed by atoms with Crippen molar-refractivity contribution in [3.63, 3.8) is 0 Å². The SMILES string of the molecule is CCN(CC)S(=O)(=O)c1ccc(C(=O)NCc2ccc(N(C)C)cc2)cc1. The standard InChI is InChI=1S/C20H27N3O3S/c1-5-23(6-2)27(25,26)19-13-9-17(10-14-19)20(24)21-15-16-7-11-18(12-8-16)22(3)4/h7-14H,5-6,15H2,1-4H3,(H,21,24). The van der Waals surface area contributed by atoms with Crippen molar-refractivity contribution in [3.8, 4) is 0 Å². The molecule has 0 unspecified atom stereocenters. The summed E-state index contributed by atoms with van der Waals surface area (Å²) in [5.41, 5.74) is 2.52. The molecule has 0 bridgehead atoms. The van der Waals surface area contributed by atoms with E-state index in [1.807, 2.05) is 43.3 Å². The molecule has 0 heterocycles. The molecule has 1 amide bonds. The fourth-order valence-corrected chi connectivity index (χ4v) is 4.15. The lowest BCUT2D eigenvalue weighted by atomic mass is 10.2. The minimum Gasteiger partial charge on any atom is -0.378 e. The number of carbonyl (C=O) groups excluding carboxylic acids is 1. The van der Waals surface area contributed by atoms with Crippen molar-refractivity contribution in [3.05, 3.63) is 59.7 Å². The maximum atomic E-state index is 12.5. The van der Waals surface area contributed by atoms with E-state index >= 15 is 0 Å². The second kappa shape index (κ2) is 9.01. The molecule has 2 aromatic carbocycles. The summed E-state index contributed by atoms with van der Waals surface area (Å²) < 4.78 is 26.4. The van der Waals surface area contributed by atoms with Gasteiger partial charge in [0.25, 0.3) is 5.91 Å². The molecule has 0 aromatic heterocycles. The first-order valence-electron chi connectivity index (χ1n) is 8.94. The molecule has 0 saturated heterocycles. The molecular weight excluding hydrogens is 362 g/mol. The Balaban J connectivity index is 2.03. The molecule has 146 valence electrons. The number of rotatable bonds is 8. The predicted molar refractivity (Wildman–Crippen MR) is 108 cm³/mol. The predicted octanol–water partition coefficient (Wildman–Crippen LogP) is 2.71. The lowest BCUT2D eigenvalue weighted by molar-refractivity contribution is 0.0951. The van der Waals surface area contributed by atoms with E-state index < -0.39 is 10.0 Å². The van der Waals surface area contributed by atoms with E-state index in [9.17, 15) is 13.2 Å². The first-order valence-corrected chi connectivity index (χ1v) is 10.4. The fourth-order valence-electron chi connectivity index (χ4n) is 2.69. The van der Waals surface area contributed by atoms with Gasteiger partial charge in [-0.15, -0.1) is 0 Å². The number of hydrogen-bond acceptors (Lipinski definition) is 4. The lowest BCUT2D eigenvalue weighted by Gasteiger charge is -2.18. The van der Waals surface area contributed by atoms with Crippen molar-refractivity contribution in [2.45, 2.75) is 25.3 Å². The van der Waals surface area contributed by atoms with E-state index in [0.717, 1.165) is 11.3 Å². The van der Waals surface area contributed by atoms with Crippen LogP contribution in [0.1, 0.15) is 29.8 Å². The molecule has 0 saturated carbocycles. The summed E-state index contributed by atoms with van der Waals surface area (Å²) in [7, 11) is 0.434. The zero-order chi connectivity index (χ0) is 20.0. The van der Waals surface area contributed by atoms with Crippen molar-refractivity contribution >= 4 is 21.6 Å². The second-order valence-electron chi connectivity index (χ2n) is 6.36. The summed E-state index contributed by atoms with van der Waals surface area (Å²) in [6, 6.07) is 14.0. The van der Waals surface area contributed by atoms with Gasteiger partial charge >= 0.3 is 0 Å². The van der Waals surface area contributed by atoms with Gasteiger partial charge in [0.2, 0.25) is 10.0 Å². The van der Waals surface area contributed by atoms with Crippen LogP contribution in [-0.4, -0.2) is 45.8 Å². The van der Waals surface area contributed by atoms with Crippen LogP contribution in [0.3, 0.4) is 0 Å². The van der Waals surface area contributed by atoms with E-state index in [4.69, 9.17) is 0 Å². The highest BCUT2D eigenvalue weighted by Crippen LogP contribution is 2.16. The van der Waals surface area contributed by atoms with Crippen LogP contribution in [0.25, 0.3) is 0 Å². The lowest BCUT2D eigenvalue weighted by Crippen LogP contribution is -2.30. The van der Waals surface area contributed by atoms with Gasteiger partial charge in [-0.25, -0.2) is 8.42 Å². The van der Waals surface area contributed by atoms with Gasteiger partial charge in [-0.05, 0) is 42.0 Å². The Bertz CT molecular complexity index is 856. The summed E-state index contributed by atoms with van der Waals surface area (Å²) in [6.45, 7) is 4.83. The number of anilines is 1. The van der Waals surface area contributed by atoms with Crippen molar-refractivity contribution in [1.29, 1.82) is 0 Å². The number of nitrogens with one attached hydrogen (secondary N) is 1. The molecule has 27 heavy (non-hydrogen) atoms. The third kappa shape index (κ3) is 5.08. The van der Waals surface area contributed by atoms with Crippen LogP contribution >= 0.6 is 0 Å². The van der Waals surface area contributed by atoms with Gasteiger partial charge in [-0.2, -0.15) is 4.31 Å². The molecule has 7 heteroatoms. The van der Waals surface area contributed by atoms with Gasteiger partial charge in [-0.1, -0.05) is 26.0 Å². The molecule has 2 aromatic rings. The molecule has 0 aliphatic rings. The minimum absolute atomic E-state index is 0.196. The first-order chi connectivity index (χ1) is 12.8. The Morgan fingerprint density at radius 1 is 0.926 bits per heavy atom. The molecule has 0 fully saturated rings. The summed E-state index contributed by atoms with van der Waals surface area (Å²) in [5.74, 6) is -0.238. The number of sulfonamides is 1. The molecular formula is C20H27N3O3S. The van der Waals surface area contributed by atoms with E-state index in [0.29, 0.717) is 25.2 Å². The number of benzene rings is 2. The topological polar surface area (TPSA) is 69.7 Å². The quantitative estimate of drug-likeness (QED) is 0.754. The Morgan fingerprint density at radius 3 is 1.96 bits per heavy atom. The molecule has 2 rings (SSSR count). The molecule has 0 aliphatic carbocycles. The highest BCUT2D eigenvalue weighted by atomic mass is 32.2. The van der Waals surface area contributed by atoms with E-state index in [1.165, 1.54) is 16.4 Å². The zero-order valence-corrected chi connectivity index (χ0v) is 17.1. The summed E-state index contributed by atoms with van der Waals surface area (Å²) in [5, 5.41) is 2.85. The van der Waals surface area contributed by atoms with Gasteiger partial charge in [0, 0.05) is 45.0 Å². The van der Waals surface area contributed by atoms with Gasteiger partial charge < -0.3 is 10.2 Å². The minimum atomic E-state index is -3.51. The number of carbonyl (C=O) groups is 1. The van der Waals surface area contributed by atoms with Crippen LogP contribution in [0.4, 0.5) is 5.69 Å². The summed E-state index contributed by atoms with van der Waals surface area (Å²) in [6.07, 6.45) is 0. The van der Waals surface area contributed by atoms with Gasteiger partial charge in [0.15, 0.2) is 0 Å². The first kappa shape index (κ1) is 20.9. The second-order valence-corrected chi connectivity index (χ2v) is 8.30. The van der Waals surface area contributed by atoms with Crippen LogP contribution in [0.5, 0.6) is 0 Å². The van der Waals surface area contributed by atoms with Crippen LogP contribution in [0.2, 0.25) is 0 Å². The van der Waals surface area contributed by atoms with Crippen LogP contribution in [0.15, 0.2) is 53.4 Å². The van der Waals surface area contributed by atoms with Crippen molar-refractivity contribution in [2.24, 2.45) is 0 Å². The third-order valence-electron chi connectivity index (χ3n) is 4.37. The Kier molecular flexibility index (Phi) is 6.98. The fraction of sp³-hybridized carbons (Fsp3) is 0.350.